The minimum atomic E-state index is -4.27. The molecular weight excluding hydrogens is 243 g/mol. The highest BCUT2D eigenvalue weighted by Crippen LogP contribution is 2.35. The Labute approximate surface area is 94.7 Å². The van der Waals surface area contributed by atoms with Crippen LogP contribution in [-0.4, -0.2) is 20.6 Å². The first-order chi connectivity index (χ1) is 6.42. The standard InChI is InChI=1S/C7H15O4PS2/c8-12(9,10)11-6-4-2-1-3-5-7(13)14/h1-6H2,(H,13,14)(H2,8,9,10). The van der Waals surface area contributed by atoms with Crippen LogP contribution in [0, 0.1) is 0 Å². The summed E-state index contributed by atoms with van der Waals surface area (Å²) < 4.78 is 15.2. The lowest BCUT2D eigenvalue weighted by molar-refractivity contribution is 0.193. The first-order valence-corrected chi connectivity index (χ1v) is 6.72. The molecule has 0 heterocycles. The topological polar surface area (TPSA) is 66.8 Å². The second-order valence-electron chi connectivity index (χ2n) is 2.88. The Hall–Kier alpha value is 0.550. The molecule has 0 aromatic heterocycles. The molecule has 0 aliphatic carbocycles. The molecule has 0 aromatic rings. The summed E-state index contributed by atoms with van der Waals surface area (Å²) >= 11 is 8.76. The van der Waals surface area contributed by atoms with Crippen LogP contribution in [0.25, 0.3) is 0 Å². The number of rotatable bonds is 8. The van der Waals surface area contributed by atoms with E-state index in [0.717, 1.165) is 25.7 Å². The van der Waals surface area contributed by atoms with Gasteiger partial charge in [0.2, 0.25) is 0 Å². The van der Waals surface area contributed by atoms with Crippen molar-refractivity contribution in [3.63, 3.8) is 0 Å². The Morgan fingerprint density at radius 3 is 2.36 bits per heavy atom. The number of phosphoric ester groups is 1. The van der Waals surface area contributed by atoms with E-state index in [1.807, 2.05) is 0 Å². The van der Waals surface area contributed by atoms with Gasteiger partial charge in [-0.25, -0.2) is 4.57 Å². The molecule has 4 nitrogen and oxygen atoms in total. The molecule has 2 N–H and O–H groups in total. The average Bonchev–Trinajstić information content (AvgIpc) is 2.00. The molecular formula is C7H15O4PS2. The fourth-order valence-corrected chi connectivity index (χ4v) is 1.58. The molecule has 0 saturated carbocycles. The van der Waals surface area contributed by atoms with Crippen LogP contribution < -0.4 is 0 Å². The van der Waals surface area contributed by atoms with Crippen molar-refractivity contribution >= 4 is 36.9 Å². The second-order valence-corrected chi connectivity index (χ2v) is 5.46. The summed E-state index contributed by atoms with van der Waals surface area (Å²) in [5.41, 5.74) is 0. The van der Waals surface area contributed by atoms with Gasteiger partial charge in [-0.1, -0.05) is 25.1 Å². The van der Waals surface area contributed by atoms with Gasteiger partial charge in [-0.15, -0.1) is 12.6 Å². The molecule has 7 heteroatoms. The van der Waals surface area contributed by atoms with Gasteiger partial charge in [0.25, 0.3) is 0 Å². The molecule has 0 saturated heterocycles. The Kier molecular flexibility index (Phi) is 8.10. The van der Waals surface area contributed by atoms with Gasteiger partial charge in [-0.2, -0.15) is 0 Å². The summed E-state index contributed by atoms with van der Waals surface area (Å²) in [5, 5.41) is 0. The molecule has 0 atom stereocenters. The number of thiocarbonyl (C=S) groups is 1. The zero-order chi connectivity index (χ0) is 11.0. The van der Waals surface area contributed by atoms with Crippen LogP contribution in [0.3, 0.4) is 0 Å². The van der Waals surface area contributed by atoms with Crippen molar-refractivity contribution in [2.75, 3.05) is 6.61 Å². The summed E-state index contributed by atoms with van der Waals surface area (Å²) in [4.78, 5) is 16.7. The van der Waals surface area contributed by atoms with Gasteiger partial charge < -0.3 is 9.79 Å². The highest BCUT2D eigenvalue weighted by atomic mass is 32.1. The summed E-state index contributed by atoms with van der Waals surface area (Å²) in [5.74, 6) is 0. The summed E-state index contributed by atoms with van der Waals surface area (Å²) in [6.45, 7) is 0.107. The van der Waals surface area contributed by atoms with E-state index in [9.17, 15) is 4.57 Å². The molecule has 0 rings (SSSR count). The average molecular weight is 258 g/mol. The van der Waals surface area contributed by atoms with E-state index in [1.165, 1.54) is 0 Å². The molecule has 0 radical (unpaired) electrons. The molecule has 0 bridgehead atoms. The smallest absolute Gasteiger partial charge is 0.303 e. The monoisotopic (exact) mass is 258 g/mol. The van der Waals surface area contributed by atoms with Crippen LogP contribution in [0.5, 0.6) is 0 Å². The fraction of sp³-hybridized carbons (Fsp3) is 0.857. The van der Waals surface area contributed by atoms with Crippen molar-refractivity contribution in [2.24, 2.45) is 0 Å². The Morgan fingerprint density at radius 1 is 1.29 bits per heavy atom. The van der Waals surface area contributed by atoms with Crippen LogP contribution in [0.1, 0.15) is 32.1 Å². The van der Waals surface area contributed by atoms with Gasteiger partial charge in [0, 0.05) is 4.20 Å². The second kappa shape index (κ2) is 7.79. The van der Waals surface area contributed by atoms with E-state index in [0.29, 0.717) is 10.6 Å². The minimum Gasteiger partial charge on any atom is -0.303 e. The molecule has 0 aliphatic rings. The van der Waals surface area contributed by atoms with Gasteiger partial charge in [-0.3, -0.25) is 4.52 Å². The van der Waals surface area contributed by atoms with Crippen molar-refractivity contribution < 1.29 is 18.9 Å². The van der Waals surface area contributed by atoms with Crippen molar-refractivity contribution in [2.45, 2.75) is 32.1 Å². The third-order valence-corrected chi connectivity index (χ3v) is 2.49. The first kappa shape index (κ1) is 14.6. The molecule has 0 spiro atoms. The third-order valence-electron chi connectivity index (χ3n) is 1.54. The van der Waals surface area contributed by atoms with E-state index < -0.39 is 7.82 Å². The molecule has 0 amide bonds. The minimum absolute atomic E-state index is 0.107. The van der Waals surface area contributed by atoms with E-state index in [4.69, 9.17) is 22.0 Å². The maximum Gasteiger partial charge on any atom is 0.469 e. The fourth-order valence-electron chi connectivity index (χ4n) is 0.915. The number of hydrogen-bond donors (Lipinski definition) is 3. The van der Waals surface area contributed by atoms with Crippen molar-refractivity contribution in [1.29, 1.82) is 0 Å². The lowest BCUT2D eigenvalue weighted by Crippen LogP contribution is -1.92. The van der Waals surface area contributed by atoms with E-state index in [-0.39, 0.29) is 6.61 Å². The number of phosphoric acid groups is 1. The SMILES string of the molecule is O=P(O)(O)OCCCCCCC(=S)S. The largest absolute Gasteiger partial charge is 0.469 e. The predicted octanol–water partition coefficient (Wildman–Crippen LogP) is 2.30. The Balaban J connectivity index is 3.15. The van der Waals surface area contributed by atoms with Crippen LogP contribution in [0.4, 0.5) is 0 Å². The van der Waals surface area contributed by atoms with Crippen LogP contribution >= 0.6 is 32.7 Å². The van der Waals surface area contributed by atoms with Gasteiger partial charge in [0.05, 0.1) is 6.61 Å². The zero-order valence-corrected chi connectivity index (χ0v) is 10.4. The van der Waals surface area contributed by atoms with E-state index in [1.54, 1.807) is 0 Å². The summed E-state index contributed by atoms with van der Waals surface area (Å²) in [7, 11) is -4.27. The quantitative estimate of drug-likeness (QED) is 0.270. The molecule has 0 unspecified atom stereocenters. The molecule has 0 aliphatic heterocycles. The van der Waals surface area contributed by atoms with Crippen molar-refractivity contribution in [3.05, 3.63) is 0 Å². The summed E-state index contributed by atoms with van der Waals surface area (Å²) in [6.07, 6.45) is 4.31. The van der Waals surface area contributed by atoms with E-state index in [2.05, 4.69) is 17.2 Å². The van der Waals surface area contributed by atoms with Crippen molar-refractivity contribution in [1.82, 2.24) is 0 Å². The number of thiol groups is 1. The van der Waals surface area contributed by atoms with Crippen LogP contribution in [0.2, 0.25) is 0 Å². The molecule has 0 fully saturated rings. The highest BCUT2D eigenvalue weighted by molar-refractivity contribution is 8.11. The number of unbranched alkanes of at least 4 members (excludes halogenated alkanes) is 3. The maximum absolute atomic E-state index is 10.3. The Morgan fingerprint density at radius 2 is 1.86 bits per heavy atom. The lowest BCUT2D eigenvalue weighted by atomic mass is 10.2. The zero-order valence-electron chi connectivity index (χ0n) is 7.76. The number of hydrogen-bond acceptors (Lipinski definition) is 3. The van der Waals surface area contributed by atoms with Crippen LogP contribution in [0.15, 0.2) is 0 Å². The Bertz CT molecular complexity index is 216. The predicted molar refractivity (Wildman–Crippen MR) is 62.7 cm³/mol. The first-order valence-electron chi connectivity index (χ1n) is 4.34. The molecule has 0 aromatic carbocycles. The van der Waals surface area contributed by atoms with Gasteiger partial charge >= 0.3 is 7.82 Å². The maximum atomic E-state index is 10.3. The normalized spacial score (nSPS) is 11.6. The van der Waals surface area contributed by atoms with E-state index >= 15 is 0 Å². The van der Waals surface area contributed by atoms with Crippen molar-refractivity contribution in [3.8, 4) is 0 Å². The molecule has 14 heavy (non-hydrogen) atoms. The van der Waals surface area contributed by atoms with Crippen LogP contribution in [-0.2, 0) is 9.09 Å². The third kappa shape index (κ3) is 12.6. The molecule has 84 valence electrons. The highest BCUT2D eigenvalue weighted by Gasteiger charge is 2.12. The summed E-state index contributed by atoms with van der Waals surface area (Å²) in [6, 6.07) is 0. The lowest BCUT2D eigenvalue weighted by Gasteiger charge is -2.04. The van der Waals surface area contributed by atoms with Gasteiger partial charge in [-0.05, 0) is 19.3 Å². The van der Waals surface area contributed by atoms with Gasteiger partial charge in [0.1, 0.15) is 0 Å². The van der Waals surface area contributed by atoms with Gasteiger partial charge in [0.15, 0.2) is 0 Å².